The van der Waals surface area contributed by atoms with Crippen molar-refractivity contribution in [1.82, 2.24) is 9.55 Å². The van der Waals surface area contributed by atoms with Crippen LogP contribution in [-0.4, -0.2) is 15.3 Å². The van der Waals surface area contributed by atoms with Crippen LogP contribution in [0.4, 0.5) is 0 Å². The van der Waals surface area contributed by atoms with Gasteiger partial charge in [-0.1, -0.05) is 30.9 Å². The number of carbonyl (C=O) groups is 1. The van der Waals surface area contributed by atoms with Gasteiger partial charge in [-0.3, -0.25) is 4.79 Å². The van der Waals surface area contributed by atoms with Crippen molar-refractivity contribution >= 4 is 28.4 Å². The van der Waals surface area contributed by atoms with Crippen LogP contribution in [0.5, 0.6) is 0 Å². The van der Waals surface area contributed by atoms with E-state index in [1.165, 1.54) is 32.1 Å². The fourth-order valence-electron chi connectivity index (χ4n) is 3.70. The van der Waals surface area contributed by atoms with Crippen LogP contribution in [0, 0.1) is 0 Å². The molecule has 4 rings (SSSR count). The molecule has 1 fully saturated rings. The van der Waals surface area contributed by atoms with Gasteiger partial charge < -0.3 is 4.57 Å². The molecule has 0 N–H and O–H groups in total. The van der Waals surface area contributed by atoms with E-state index in [0.717, 1.165) is 29.0 Å². The fourth-order valence-corrected chi connectivity index (χ4v) is 3.89. The molecule has 1 saturated carbocycles. The second-order valence-corrected chi connectivity index (χ2v) is 6.33. The first-order chi connectivity index (χ1) is 9.75. The quantitative estimate of drug-likeness (QED) is 0.783. The molecule has 0 amide bonds. The first-order valence-corrected chi connectivity index (χ1v) is 7.85. The maximum Gasteiger partial charge on any atom is 0.166 e. The number of Topliss-reactive ketones (excluding diaryl/α,β-unsaturated/α-hetero) is 1. The highest BCUT2D eigenvalue weighted by Crippen LogP contribution is 2.38. The lowest BCUT2D eigenvalue weighted by Gasteiger charge is -2.23. The highest BCUT2D eigenvalue weighted by Gasteiger charge is 2.28. The summed E-state index contributed by atoms with van der Waals surface area (Å²) in [4.78, 5) is 16.9. The van der Waals surface area contributed by atoms with Gasteiger partial charge in [-0.2, -0.15) is 0 Å². The Morgan fingerprint density at radius 2 is 2.00 bits per heavy atom. The van der Waals surface area contributed by atoms with Crippen LogP contribution in [0.15, 0.2) is 12.1 Å². The summed E-state index contributed by atoms with van der Waals surface area (Å²) < 4.78 is 2.26. The zero-order valence-corrected chi connectivity index (χ0v) is 12.1. The predicted molar refractivity (Wildman–Crippen MR) is 79.5 cm³/mol. The maximum atomic E-state index is 12.1. The molecule has 0 unspecified atom stereocenters. The summed E-state index contributed by atoms with van der Waals surface area (Å²) in [5, 5.41) is 0.661. The van der Waals surface area contributed by atoms with E-state index in [2.05, 4.69) is 4.57 Å². The van der Waals surface area contributed by atoms with Crippen LogP contribution in [0.3, 0.4) is 0 Å². The monoisotopic (exact) mass is 288 g/mol. The van der Waals surface area contributed by atoms with Gasteiger partial charge in [-0.15, -0.1) is 0 Å². The molecule has 0 radical (unpaired) electrons. The SMILES string of the molecule is O=C1CCn2c(C3CCCCC3)nc3c(Cl)ccc1c32. The van der Waals surface area contributed by atoms with E-state index in [9.17, 15) is 4.79 Å². The van der Waals surface area contributed by atoms with Crippen LogP contribution >= 0.6 is 11.6 Å². The molecule has 0 saturated heterocycles. The third kappa shape index (κ3) is 1.72. The number of aromatic nitrogens is 2. The van der Waals surface area contributed by atoms with E-state index in [0.29, 0.717) is 17.4 Å². The summed E-state index contributed by atoms with van der Waals surface area (Å²) in [6, 6.07) is 3.67. The number of carbonyl (C=O) groups excluding carboxylic acids is 1. The number of halogens is 1. The molecule has 1 aliphatic heterocycles. The van der Waals surface area contributed by atoms with E-state index < -0.39 is 0 Å². The molecule has 2 aromatic rings. The smallest absolute Gasteiger partial charge is 0.166 e. The Balaban J connectivity index is 1.95. The van der Waals surface area contributed by atoms with Gasteiger partial charge >= 0.3 is 0 Å². The van der Waals surface area contributed by atoms with Crippen LogP contribution in [-0.2, 0) is 6.54 Å². The van der Waals surface area contributed by atoms with Gasteiger partial charge in [-0.05, 0) is 25.0 Å². The van der Waals surface area contributed by atoms with Crippen LogP contribution in [0.2, 0.25) is 5.02 Å². The lowest BCUT2D eigenvalue weighted by atomic mass is 9.88. The Morgan fingerprint density at radius 3 is 2.80 bits per heavy atom. The van der Waals surface area contributed by atoms with E-state index >= 15 is 0 Å². The van der Waals surface area contributed by atoms with Crippen LogP contribution < -0.4 is 0 Å². The number of hydrogen-bond acceptors (Lipinski definition) is 2. The number of aryl methyl sites for hydroxylation is 1. The number of hydrogen-bond donors (Lipinski definition) is 0. The second kappa shape index (κ2) is 4.59. The van der Waals surface area contributed by atoms with Crippen molar-refractivity contribution in [3.8, 4) is 0 Å². The number of ketones is 1. The molecule has 104 valence electrons. The number of nitrogens with zero attached hydrogens (tertiary/aromatic N) is 2. The number of benzene rings is 1. The third-order valence-corrected chi connectivity index (χ3v) is 5.01. The normalized spacial score (nSPS) is 19.8. The minimum atomic E-state index is 0.217. The zero-order valence-electron chi connectivity index (χ0n) is 11.4. The summed E-state index contributed by atoms with van der Waals surface area (Å²) in [6.45, 7) is 0.758. The van der Waals surface area contributed by atoms with Crippen molar-refractivity contribution in [3.63, 3.8) is 0 Å². The highest BCUT2D eigenvalue weighted by atomic mass is 35.5. The van der Waals surface area contributed by atoms with E-state index in [-0.39, 0.29) is 5.78 Å². The van der Waals surface area contributed by atoms with Crippen LogP contribution in [0.25, 0.3) is 11.0 Å². The van der Waals surface area contributed by atoms with E-state index in [1.807, 2.05) is 12.1 Å². The summed E-state index contributed by atoms with van der Waals surface area (Å²) in [6.07, 6.45) is 6.91. The zero-order chi connectivity index (χ0) is 13.7. The van der Waals surface area contributed by atoms with Crippen LogP contribution in [0.1, 0.15) is 60.6 Å². The molecule has 1 aliphatic carbocycles. The van der Waals surface area contributed by atoms with Gasteiger partial charge in [0.15, 0.2) is 5.78 Å². The molecule has 2 aliphatic rings. The average Bonchev–Trinajstić information content (AvgIpc) is 2.87. The Kier molecular flexibility index (Phi) is 2.84. The molecule has 0 bridgehead atoms. The largest absolute Gasteiger partial charge is 0.327 e. The Hall–Kier alpha value is -1.35. The Labute approximate surface area is 122 Å². The summed E-state index contributed by atoms with van der Waals surface area (Å²) in [5.41, 5.74) is 2.58. The van der Waals surface area contributed by atoms with Gasteiger partial charge in [0, 0.05) is 24.4 Å². The molecule has 20 heavy (non-hydrogen) atoms. The van der Waals surface area contributed by atoms with Gasteiger partial charge in [0.25, 0.3) is 0 Å². The third-order valence-electron chi connectivity index (χ3n) is 4.71. The molecular formula is C16H17ClN2O. The first-order valence-electron chi connectivity index (χ1n) is 7.47. The summed E-state index contributed by atoms with van der Waals surface area (Å²) >= 11 is 6.29. The molecule has 1 aromatic carbocycles. The fraction of sp³-hybridized carbons (Fsp3) is 0.500. The topological polar surface area (TPSA) is 34.9 Å². The Bertz CT molecular complexity index is 698. The average molecular weight is 289 g/mol. The predicted octanol–water partition coefficient (Wildman–Crippen LogP) is 4.32. The van der Waals surface area contributed by atoms with Crippen molar-refractivity contribution in [3.05, 3.63) is 28.5 Å². The Morgan fingerprint density at radius 1 is 1.20 bits per heavy atom. The lowest BCUT2D eigenvalue weighted by Crippen LogP contribution is -2.18. The number of rotatable bonds is 1. The molecule has 0 spiro atoms. The minimum absolute atomic E-state index is 0.217. The van der Waals surface area contributed by atoms with Gasteiger partial charge in [0.05, 0.1) is 10.5 Å². The molecule has 2 heterocycles. The summed E-state index contributed by atoms with van der Waals surface area (Å²) in [7, 11) is 0. The van der Waals surface area contributed by atoms with Crippen molar-refractivity contribution in [2.24, 2.45) is 0 Å². The van der Waals surface area contributed by atoms with E-state index in [4.69, 9.17) is 16.6 Å². The van der Waals surface area contributed by atoms with Crippen molar-refractivity contribution in [2.75, 3.05) is 0 Å². The maximum absolute atomic E-state index is 12.1. The number of imidazole rings is 1. The first kappa shape index (κ1) is 12.4. The second-order valence-electron chi connectivity index (χ2n) is 5.92. The minimum Gasteiger partial charge on any atom is -0.327 e. The molecule has 3 nitrogen and oxygen atoms in total. The lowest BCUT2D eigenvalue weighted by molar-refractivity contribution is 0.0972. The van der Waals surface area contributed by atoms with E-state index in [1.54, 1.807) is 0 Å². The molecular weight excluding hydrogens is 272 g/mol. The molecule has 0 atom stereocenters. The summed E-state index contributed by atoms with van der Waals surface area (Å²) in [5.74, 6) is 1.91. The standard InChI is InChI=1S/C16H17ClN2O/c17-12-7-6-11-13(20)8-9-19-15(11)14(12)18-16(19)10-4-2-1-3-5-10/h6-7,10H,1-5,8-9H2. The van der Waals surface area contributed by atoms with Crippen molar-refractivity contribution in [2.45, 2.75) is 51.0 Å². The van der Waals surface area contributed by atoms with Crippen molar-refractivity contribution in [1.29, 1.82) is 0 Å². The highest BCUT2D eigenvalue weighted by molar-refractivity contribution is 6.35. The van der Waals surface area contributed by atoms with Gasteiger partial charge in [0.2, 0.25) is 0 Å². The molecule has 4 heteroatoms. The molecule has 1 aromatic heterocycles. The van der Waals surface area contributed by atoms with Gasteiger partial charge in [0.1, 0.15) is 11.3 Å². The van der Waals surface area contributed by atoms with Gasteiger partial charge in [-0.25, -0.2) is 4.98 Å². The van der Waals surface area contributed by atoms with Crippen molar-refractivity contribution < 1.29 is 4.79 Å².